The predicted octanol–water partition coefficient (Wildman–Crippen LogP) is 5.69. The number of anilines is 2. The zero-order valence-corrected chi connectivity index (χ0v) is 17.9. The van der Waals surface area contributed by atoms with E-state index < -0.39 is 0 Å². The summed E-state index contributed by atoms with van der Waals surface area (Å²) in [6, 6.07) is 17.4. The molecule has 0 unspecified atom stereocenters. The highest BCUT2D eigenvalue weighted by atomic mass is 79.9. The minimum absolute atomic E-state index is 0.435. The van der Waals surface area contributed by atoms with Gasteiger partial charge in [0.2, 0.25) is 5.13 Å². The van der Waals surface area contributed by atoms with Gasteiger partial charge in [-0.1, -0.05) is 27.3 Å². The zero-order chi connectivity index (χ0) is 20.1. The van der Waals surface area contributed by atoms with Crippen LogP contribution in [0.15, 0.2) is 71.5 Å². The number of ether oxygens (including phenoxy) is 2. The van der Waals surface area contributed by atoms with Crippen molar-refractivity contribution in [1.29, 1.82) is 0 Å². The van der Waals surface area contributed by atoms with E-state index in [1.807, 2.05) is 54.6 Å². The fourth-order valence-corrected chi connectivity index (χ4v) is 3.66. The number of halogens is 1. The Balaban J connectivity index is 1.57. The molecule has 0 aliphatic carbocycles. The van der Waals surface area contributed by atoms with E-state index in [-0.39, 0.29) is 0 Å². The molecule has 2 aromatic heterocycles. The summed E-state index contributed by atoms with van der Waals surface area (Å²) in [5.74, 6) is 1.45. The summed E-state index contributed by atoms with van der Waals surface area (Å²) in [6.45, 7) is 0.435. The number of nitrogens with one attached hydrogen (secondary N) is 1. The maximum Gasteiger partial charge on any atom is 0.210 e. The predicted molar refractivity (Wildman–Crippen MR) is 118 cm³/mol. The van der Waals surface area contributed by atoms with Gasteiger partial charge < -0.3 is 14.8 Å². The van der Waals surface area contributed by atoms with Crippen LogP contribution in [0.1, 0.15) is 5.56 Å². The Kier molecular flexibility index (Phi) is 6.02. The van der Waals surface area contributed by atoms with E-state index in [1.165, 1.54) is 11.3 Å². The first-order valence-electron chi connectivity index (χ1n) is 8.77. The molecule has 0 fully saturated rings. The van der Waals surface area contributed by atoms with Crippen LogP contribution in [0.2, 0.25) is 0 Å². The molecular formula is C21H17BrN4O2S. The van der Waals surface area contributed by atoms with Crippen molar-refractivity contribution in [3.8, 4) is 22.1 Å². The van der Waals surface area contributed by atoms with Crippen LogP contribution in [-0.2, 0) is 6.61 Å². The molecule has 2 heterocycles. The van der Waals surface area contributed by atoms with Gasteiger partial charge in [-0.3, -0.25) is 4.98 Å². The molecule has 8 heteroatoms. The van der Waals surface area contributed by atoms with Crippen LogP contribution >= 0.6 is 27.3 Å². The van der Waals surface area contributed by atoms with Gasteiger partial charge in [0.05, 0.1) is 12.7 Å². The van der Waals surface area contributed by atoms with Crippen LogP contribution in [0.3, 0.4) is 0 Å². The van der Waals surface area contributed by atoms with Crippen molar-refractivity contribution in [2.24, 2.45) is 0 Å². The molecule has 146 valence electrons. The molecular weight excluding hydrogens is 452 g/mol. The van der Waals surface area contributed by atoms with Crippen molar-refractivity contribution in [2.75, 3.05) is 12.4 Å². The molecule has 0 radical (unpaired) electrons. The molecule has 0 saturated heterocycles. The van der Waals surface area contributed by atoms with Gasteiger partial charge in [-0.15, -0.1) is 10.2 Å². The topological polar surface area (TPSA) is 69.2 Å². The lowest BCUT2D eigenvalue weighted by Gasteiger charge is -2.11. The number of hydrogen-bond acceptors (Lipinski definition) is 7. The fourth-order valence-electron chi connectivity index (χ4n) is 2.61. The first kappa shape index (κ1) is 19.4. The van der Waals surface area contributed by atoms with E-state index >= 15 is 0 Å². The highest BCUT2D eigenvalue weighted by molar-refractivity contribution is 9.10. The molecule has 0 amide bonds. The van der Waals surface area contributed by atoms with E-state index in [4.69, 9.17) is 9.47 Å². The van der Waals surface area contributed by atoms with Gasteiger partial charge in [-0.05, 0) is 60.2 Å². The highest BCUT2D eigenvalue weighted by Crippen LogP contribution is 2.37. The molecule has 29 heavy (non-hydrogen) atoms. The van der Waals surface area contributed by atoms with Gasteiger partial charge in [-0.2, -0.15) is 0 Å². The summed E-state index contributed by atoms with van der Waals surface area (Å²) in [7, 11) is 1.64. The minimum Gasteiger partial charge on any atom is -0.497 e. The lowest BCUT2D eigenvalue weighted by Crippen LogP contribution is -1.97. The zero-order valence-electron chi connectivity index (χ0n) is 15.5. The number of benzene rings is 2. The average molecular weight is 469 g/mol. The quantitative estimate of drug-likeness (QED) is 0.375. The Labute approximate surface area is 180 Å². The van der Waals surface area contributed by atoms with Gasteiger partial charge in [0.25, 0.3) is 0 Å². The van der Waals surface area contributed by atoms with E-state index in [1.54, 1.807) is 19.5 Å². The second-order valence-corrected chi connectivity index (χ2v) is 7.94. The van der Waals surface area contributed by atoms with Gasteiger partial charge in [0, 0.05) is 22.6 Å². The largest absolute Gasteiger partial charge is 0.497 e. The summed E-state index contributed by atoms with van der Waals surface area (Å²) in [6.07, 6.45) is 3.50. The number of aromatic nitrogens is 3. The van der Waals surface area contributed by atoms with E-state index in [9.17, 15) is 0 Å². The second-order valence-electron chi connectivity index (χ2n) is 6.05. The van der Waals surface area contributed by atoms with Gasteiger partial charge in [-0.25, -0.2) is 0 Å². The number of methoxy groups -OCH3 is 1. The molecule has 2 aromatic carbocycles. The van der Waals surface area contributed by atoms with E-state index in [0.29, 0.717) is 17.5 Å². The minimum atomic E-state index is 0.435. The van der Waals surface area contributed by atoms with Crippen molar-refractivity contribution < 1.29 is 9.47 Å². The normalized spacial score (nSPS) is 10.6. The molecule has 0 bridgehead atoms. The van der Waals surface area contributed by atoms with Crippen LogP contribution in [0.5, 0.6) is 11.5 Å². The molecule has 0 saturated carbocycles. The van der Waals surface area contributed by atoms with Crippen LogP contribution in [0.4, 0.5) is 10.8 Å². The molecule has 1 N–H and O–H groups in total. The summed E-state index contributed by atoms with van der Waals surface area (Å²) < 4.78 is 12.4. The first-order valence-corrected chi connectivity index (χ1v) is 10.4. The smallest absolute Gasteiger partial charge is 0.210 e. The summed E-state index contributed by atoms with van der Waals surface area (Å²) >= 11 is 4.89. The number of pyridine rings is 1. The lowest BCUT2D eigenvalue weighted by molar-refractivity contribution is 0.306. The number of rotatable bonds is 7. The van der Waals surface area contributed by atoms with Crippen molar-refractivity contribution >= 4 is 38.1 Å². The van der Waals surface area contributed by atoms with Crippen molar-refractivity contribution in [3.05, 3.63) is 77.0 Å². The van der Waals surface area contributed by atoms with Crippen LogP contribution < -0.4 is 14.8 Å². The van der Waals surface area contributed by atoms with Gasteiger partial charge in [0.15, 0.2) is 5.01 Å². The first-order chi connectivity index (χ1) is 14.2. The Morgan fingerprint density at radius 1 is 1.00 bits per heavy atom. The molecule has 4 aromatic rings. The number of hydrogen-bond donors (Lipinski definition) is 1. The third-order valence-corrected chi connectivity index (χ3v) is 5.48. The highest BCUT2D eigenvalue weighted by Gasteiger charge is 2.14. The maximum absolute atomic E-state index is 6.05. The summed E-state index contributed by atoms with van der Waals surface area (Å²) in [4.78, 5) is 4.03. The van der Waals surface area contributed by atoms with Crippen molar-refractivity contribution in [3.63, 3.8) is 0 Å². The lowest BCUT2D eigenvalue weighted by atomic mass is 10.2. The standard InChI is InChI=1S/C21H17BrN4O2S/c1-27-17-6-7-19(28-13-14-8-10-23-11-9-14)18(12-17)20-25-26-21(29-20)24-16-4-2-15(22)3-5-16/h2-12H,13H2,1H3,(H,24,26). The Hall–Kier alpha value is -2.97. The fraction of sp³-hybridized carbons (Fsp3) is 0.0952. The Morgan fingerprint density at radius 2 is 1.79 bits per heavy atom. The van der Waals surface area contributed by atoms with Crippen LogP contribution in [0, 0.1) is 0 Å². The third-order valence-electron chi connectivity index (χ3n) is 4.08. The summed E-state index contributed by atoms with van der Waals surface area (Å²) in [5.41, 5.74) is 2.81. The second kappa shape index (κ2) is 9.02. The van der Waals surface area contributed by atoms with Crippen molar-refractivity contribution in [2.45, 2.75) is 6.61 Å². The summed E-state index contributed by atoms with van der Waals surface area (Å²) in [5, 5.41) is 13.3. The third kappa shape index (κ3) is 4.90. The Morgan fingerprint density at radius 3 is 2.55 bits per heavy atom. The molecule has 0 aliphatic heterocycles. The van der Waals surface area contributed by atoms with E-state index in [0.717, 1.165) is 32.0 Å². The van der Waals surface area contributed by atoms with Gasteiger partial charge >= 0.3 is 0 Å². The van der Waals surface area contributed by atoms with Gasteiger partial charge in [0.1, 0.15) is 18.1 Å². The maximum atomic E-state index is 6.05. The molecule has 6 nitrogen and oxygen atoms in total. The SMILES string of the molecule is COc1ccc(OCc2ccncc2)c(-c2nnc(Nc3ccc(Br)cc3)s2)c1. The number of nitrogens with zero attached hydrogens (tertiary/aromatic N) is 3. The molecule has 0 spiro atoms. The molecule has 0 atom stereocenters. The Bertz CT molecular complexity index is 1090. The average Bonchev–Trinajstić information content (AvgIpc) is 3.23. The molecule has 0 aliphatic rings. The van der Waals surface area contributed by atoms with E-state index in [2.05, 4.69) is 36.4 Å². The van der Waals surface area contributed by atoms with Crippen molar-refractivity contribution in [1.82, 2.24) is 15.2 Å². The molecule has 4 rings (SSSR count). The van der Waals surface area contributed by atoms with Crippen LogP contribution in [-0.4, -0.2) is 22.3 Å². The monoisotopic (exact) mass is 468 g/mol. The van der Waals surface area contributed by atoms with Crippen LogP contribution in [0.25, 0.3) is 10.6 Å².